The number of likely N-dealkylation sites (tertiary alicyclic amines) is 2. The lowest BCUT2D eigenvalue weighted by molar-refractivity contribution is -0.160. The predicted molar refractivity (Wildman–Crippen MR) is 121 cm³/mol. The first-order chi connectivity index (χ1) is 15.4. The Morgan fingerprint density at radius 1 is 0.938 bits per heavy atom. The Hall–Kier alpha value is -1.63. The van der Waals surface area contributed by atoms with Crippen LogP contribution in [0.1, 0.15) is 70.6 Å². The number of primary amides is 1. The van der Waals surface area contributed by atoms with E-state index in [-0.39, 0.29) is 29.2 Å². The molecule has 4 saturated carbocycles. The van der Waals surface area contributed by atoms with Gasteiger partial charge in [-0.25, -0.2) is 0 Å². The molecule has 178 valence electrons. The number of rotatable bonds is 7. The van der Waals surface area contributed by atoms with Crippen LogP contribution in [-0.4, -0.2) is 66.3 Å². The highest BCUT2D eigenvalue weighted by atomic mass is 16.2. The molecule has 0 spiro atoms. The van der Waals surface area contributed by atoms with Crippen LogP contribution in [0.25, 0.3) is 0 Å². The number of carbonyl (C=O) groups excluding carboxylic acids is 3. The topological polar surface area (TPSA) is 95.7 Å². The SMILES string of the molecule is NC(=O)C1CCCN(CCCNC(=O)C2CCCN2C(=O)C23CC4CC(CC(C4)C2)C3)C1. The van der Waals surface area contributed by atoms with Gasteiger partial charge in [0, 0.05) is 19.6 Å². The lowest BCUT2D eigenvalue weighted by atomic mass is 9.49. The van der Waals surface area contributed by atoms with E-state index in [4.69, 9.17) is 5.73 Å². The van der Waals surface area contributed by atoms with Crippen LogP contribution < -0.4 is 11.1 Å². The quantitative estimate of drug-likeness (QED) is 0.586. The Labute approximate surface area is 191 Å². The fraction of sp³-hybridized carbons (Fsp3) is 0.880. The summed E-state index contributed by atoms with van der Waals surface area (Å²) in [5, 5.41) is 3.11. The molecule has 6 aliphatic rings. The number of carbonyl (C=O) groups is 3. The molecular weight excluding hydrogens is 404 g/mol. The summed E-state index contributed by atoms with van der Waals surface area (Å²) in [7, 11) is 0. The van der Waals surface area contributed by atoms with E-state index in [0.717, 1.165) is 95.3 Å². The zero-order valence-electron chi connectivity index (χ0n) is 19.4. The summed E-state index contributed by atoms with van der Waals surface area (Å²) in [5.74, 6) is 2.29. The summed E-state index contributed by atoms with van der Waals surface area (Å²) < 4.78 is 0. The minimum atomic E-state index is -0.287. The van der Waals surface area contributed by atoms with Gasteiger partial charge in [-0.2, -0.15) is 0 Å². The third kappa shape index (κ3) is 4.29. The molecule has 4 aliphatic carbocycles. The Balaban J connectivity index is 1.11. The summed E-state index contributed by atoms with van der Waals surface area (Å²) in [6.07, 6.45) is 11.6. The van der Waals surface area contributed by atoms with Crippen LogP contribution in [0.5, 0.6) is 0 Å². The zero-order valence-corrected chi connectivity index (χ0v) is 19.4. The van der Waals surface area contributed by atoms with Crippen LogP contribution in [0.4, 0.5) is 0 Å². The smallest absolute Gasteiger partial charge is 0.242 e. The molecule has 0 aromatic rings. The Morgan fingerprint density at radius 2 is 1.59 bits per heavy atom. The van der Waals surface area contributed by atoms with E-state index in [1.54, 1.807) is 0 Å². The summed E-state index contributed by atoms with van der Waals surface area (Å²) in [4.78, 5) is 42.4. The van der Waals surface area contributed by atoms with Crippen molar-refractivity contribution in [3.63, 3.8) is 0 Å². The molecule has 2 atom stereocenters. The average Bonchev–Trinajstić information content (AvgIpc) is 3.25. The fourth-order valence-electron chi connectivity index (χ4n) is 8.08. The zero-order chi connectivity index (χ0) is 22.3. The highest BCUT2D eigenvalue weighted by Gasteiger charge is 2.56. The van der Waals surface area contributed by atoms with Gasteiger partial charge in [-0.3, -0.25) is 14.4 Å². The van der Waals surface area contributed by atoms with Crippen LogP contribution in [-0.2, 0) is 14.4 Å². The van der Waals surface area contributed by atoms with Gasteiger partial charge in [-0.1, -0.05) is 0 Å². The third-order valence-electron chi connectivity index (χ3n) is 9.17. The third-order valence-corrected chi connectivity index (χ3v) is 9.17. The molecule has 3 N–H and O–H groups in total. The molecule has 0 aromatic heterocycles. The highest BCUT2D eigenvalue weighted by molar-refractivity contribution is 5.91. The van der Waals surface area contributed by atoms with Crippen molar-refractivity contribution in [3.05, 3.63) is 0 Å². The first kappa shape index (κ1) is 22.2. The fourth-order valence-corrected chi connectivity index (χ4v) is 8.08. The van der Waals surface area contributed by atoms with Gasteiger partial charge in [0.05, 0.1) is 11.3 Å². The van der Waals surface area contributed by atoms with Crippen LogP contribution >= 0.6 is 0 Å². The summed E-state index contributed by atoms with van der Waals surface area (Å²) in [6.45, 7) is 3.95. The summed E-state index contributed by atoms with van der Waals surface area (Å²) in [5.41, 5.74) is 5.31. The van der Waals surface area contributed by atoms with Gasteiger partial charge < -0.3 is 20.9 Å². The standard InChI is InChI=1S/C25H40N4O3/c26-22(30)20-4-1-7-28(16-20)8-3-6-27-23(31)21-5-2-9-29(21)24(32)25-13-17-10-18(14-25)12-19(11-17)15-25/h17-21H,1-16H2,(H2,26,30)(H,27,31). The van der Waals surface area contributed by atoms with E-state index < -0.39 is 0 Å². The van der Waals surface area contributed by atoms with Crippen LogP contribution in [0, 0.1) is 29.1 Å². The molecule has 7 nitrogen and oxygen atoms in total. The van der Waals surface area contributed by atoms with Crippen molar-refractivity contribution < 1.29 is 14.4 Å². The maximum absolute atomic E-state index is 13.7. The number of nitrogens with zero attached hydrogens (tertiary/aromatic N) is 2. The van der Waals surface area contributed by atoms with Crippen molar-refractivity contribution in [1.29, 1.82) is 0 Å². The van der Waals surface area contributed by atoms with Gasteiger partial charge in [-0.15, -0.1) is 0 Å². The summed E-state index contributed by atoms with van der Waals surface area (Å²) in [6, 6.07) is -0.287. The molecule has 0 aromatic carbocycles. The Morgan fingerprint density at radius 3 is 2.25 bits per heavy atom. The minimum absolute atomic E-state index is 0.0224. The van der Waals surface area contributed by atoms with Gasteiger partial charge >= 0.3 is 0 Å². The van der Waals surface area contributed by atoms with Crippen LogP contribution in [0.15, 0.2) is 0 Å². The van der Waals surface area contributed by atoms with Gasteiger partial charge in [0.25, 0.3) is 0 Å². The second-order valence-electron chi connectivity index (χ2n) is 11.5. The number of hydrogen-bond donors (Lipinski definition) is 2. The van der Waals surface area contributed by atoms with Crippen molar-refractivity contribution in [2.75, 3.05) is 32.7 Å². The second-order valence-corrected chi connectivity index (χ2v) is 11.5. The Kier molecular flexibility index (Phi) is 6.21. The minimum Gasteiger partial charge on any atom is -0.369 e. The van der Waals surface area contributed by atoms with Crippen LogP contribution in [0.3, 0.4) is 0 Å². The van der Waals surface area contributed by atoms with Crippen molar-refractivity contribution in [2.24, 2.45) is 34.8 Å². The van der Waals surface area contributed by atoms with Crippen molar-refractivity contribution in [2.45, 2.75) is 76.7 Å². The first-order valence-electron chi connectivity index (χ1n) is 13.0. The molecule has 6 rings (SSSR count). The van der Waals surface area contributed by atoms with Gasteiger partial charge in [-0.05, 0) is 101 Å². The number of nitrogens with one attached hydrogen (secondary N) is 1. The normalized spacial score (nSPS) is 38.8. The van der Waals surface area contributed by atoms with Crippen molar-refractivity contribution >= 4 is 17.7 Å². The van der Waals surface area contributed by atoms with Crippen molar-refractivity contribution in [1.82, 2.24) is 15.1 Å². The Bertz CT molecular complexity index is 718. The molecule has 2 aliphatic heterocycles. The second kappa shape index (κ2) is 8.96. The average molecular weight is 445 g/mol. The molecule has 2 unspecified atom stereocenters. The molecule has 6 fully saturated rings. The molecule has 7 heteroatoms. The number of amides is 3. The van der Waals surface area contributed by atoms with Crippen LogP contribution in [0.2, 0.25) is 0 Å². The largest absolute Gasteiger partial charge is 0.369 e. The van der Waals surface area contributed by atoms with Crippen molar-refractivity contribution in [3.8, 4) is 0 Å². The molecule has 2 heterocycles. The van der Waals surface area contributed by atoms with E-state index in [1.807, 2.05) is 4.90 Å². The van der Waals surface area contributed by atoms with E-state index >= 15 is 0 Å². The number of nitrogens with two attached hydrogens (primary N) is 1. The molecule has 2 saturated heterocycles. The summed E-state index contributed by atoms with van der Waals surface area (Å²) >= 11 is 0. The van der Waals surface area contributed by atoms with E-state index in [0.29, 0.717) is 12.5 Å². The number of hydrogen-bond acceptors (Lipinski definition) is 4. The van der Waals surface area contributed by atoms with E-state index in [2.05, 4.69) is 10.2 Å². The molecule has 4 bridgehead atoms. The maximum atomic E-state index is 13.7. The van der Waals surface area contributed by atoms with Gasteiger partial charge in [0.2, 0.25) is 17.7 Å². The van der Waals surface area contributed by atoms with Gasteiger partial charge in [0.15, 0.2) is 0 Å². The first-order valence-corrected chi connectivity index (χ1v) is 13.0. The molecular formula is C25H40N4O3. The maximum Gasteiger partial charge on any atom is 0.242 e. The predicted octanol–water partition coefficient (Wildman–Crippen LogP) is 1.90. The molecule has 0 radical (unpaired) electrons. The number of piperidine rings is 1. The molecule has 3 amide bonds. The lowest BCUT2D eigenvalue weighted by Crippen LogP contribution is -2.57. The monoisotopic (exact) mass is 444 g/mol. The highest BCUT2D eigenvalue weighted by Crippen LogP contribution is 2.60. The van der Waals surface area contributed by atoms with E-state index in [1.165, 1.54) is 19.3 Å². The van der Waals surface area contributed by atoms with Gasteiger partial charge in [0.1, 0.15) is 6.04 Å². The molecule has 32 heavy (non-hydrogen) atoms. The lowest BCUT2D eigenvalue weighted by Gasteiger charge is -2.56. The van der Waals surface area contributed by atoms with E-state index in [9.17, 15) is 14.4 Å².